The van der Waals surface area contributed by atoms with Crippen LogP contribution in [0.25, 0.3) is 5.78 Å². The first-order valence-electron chi connectivity index (χ1n) is 4.96. The number of anilines is 1. The van der Waals surface area contributed by atoms with Crippen molar-refractivity contribution in [2.75, 3.05) is 19.0 Å². The first-order valence-corrected chi connectivity index (χ1v) is 4.96. The second kappa shape index (κ2) is 4.28. The van der Waals surface area contributed by atoms with E-state index >= 15 is 0 Å². The first-order chi connectivity index (χ1) is 8.17. The van der Waals surface area contributed by atoms with Gasteiger partial charge in [0, 0.05) is 20.2 Å². The van der Waals surface area contributed by atoms with Crippen LogP contribution in [0.3, 0.4) is 0 Å². The van der Waals surface area contributed by atoms with Gasteiger partial charge >= 0.3 is 0 Å². The van der Waals surface area contributed by atoms with Crippen LogP contribution in [-0.2, 0) is 9.59 Å². The lowest BCUT2D eigenvalue weighted by atomic mass is 10.1. The van der Waals surface area contributed by atoms with Crippen molar-refractivity contribution < 1.29 is 9.59 Å². The smallest absolute Gasteiger partial charge is 0.254 e. The fraction of sp³-hybridized carbons (Fsp3) is 0.300. The second-order valence-electron chi connectivity index (χ2n) is 3.70. The summed E-state index contributed by atoms with van der Waals surface area (Å²) >= 11 is 0. The molecule has 88 valence electrons. The summed E-state index contributed by atoms with van der Waals surface area (Å²) in [6, 6.07) is 1.65. The fourth-order valence-corrected chi connectivity index (χ4v) is 1.48. The van der Waals surface area contributed by atoms with Gasteiger partial charge in [0.25, 0.3) is 5.78 Å². The van der Waals surface area contributed by atoms with Crippen LogP contribution in [0, 0.1) is 0 Å². The van der Waals surface area contributed by atoms with Crippen LogP contribution in [0.1, 0.15) is 11.6 Å². The van der Waals surface area contributed by atoms with Gasteiger partial charge in [-0.25, -0.2) is 4.98 Å². The topological polar surface area (TPSA) is 80.5 Å². The molecule has 0 unspecified atom stereocenters. The molecule has 0 radical (unpaired) electrons. The van der Waals surface area contributed by atoms with Crippen molar-refractivity contribution in [1.29, 1.82) is 0 Å². The maximum atomic E-state index is 10.8. The summed E-state index contributed by atoms with van der Waals surface area (Å²) in [6.07, 6.45) is 2.49. The van der Waals surface area contributed by atoms with E-state index in [1.165, 1.54) is 10.8 Å². The molecule has 0 atom stereocenters. The minimum Gasteiger partial charge on any atom is -0.363 e. The van der Waals surface area contributed by atoms with E-state index in [0.29, 0.717) is 29.9 Å². The van der Waals surface area contributed by atoms with Crippen molar-refractivity contribution in [3.8, 4) is 0 Å². The maximum absolute atomic E-state index is 10.8. The molecule has 7 heteroatoms. The van der Waals surface area contributed by atoms with Crippen LogP contribution < -0.4 is 4.90 Å². The molecule has 0 saturated carbocycles. The Morgan fingerprint density at radius 3 is 2.65 bits per heavy atom. The number of carbonyl (C=O) groups is 2. The highest BCUT2D eigenvalue weighted by atomic mass is 16.1. The van der Waals surface area contributed by atoms with Gasteiger partial charge in [0.05, 0.1) is 5.69 Å². The highest BCUT2D eigenvalue weighted by Gasteiger charge is 2.16. The summed E-state index contributed by atoms with van der Waals surface area (Å²) in [4.78, 5) is 31.4. The van der Waals surface area contributed by atoms with Gasteiger partial charge in [-0.3, -0.25) is 0 Å². The molecule has 0 spiro atoms. The Morgan fingerprint density at radius 2 is 2.06 bits per heavy atom. The summed E-state index contributed by atoms with van der Waals surface area (Å²) in [7, 11) is 3.66. The van der Waals surface area contributed by atoms with Crippen LogP contribution >= 0.6 is 0 Å². The Labute approximate surface area is 97.1 Å². The lowest BCUT2D eigenvalue weighted by molar-refractivity contribution is -0.116. The molecule has 0 saturated heterocycles. The predicted molar refractivity (Wildman–Crippen MR) is 60.0 cm³/mol. The maximum Gasteiger partial charge on any atom is 0.254 e. The first kappa shape index (κ1) is 11.2. The van der Waals surface area contributed by atoms with Crippen molar-refractivity contribution in [2.45, 2.75) is 5.92 Å². The van der Waals surface area contributed by atoms with E-state index in [0.717, 1.165) is 0 Å². The van der Waals surface area contributed by atoms with Crippen molar-refractivity contribution in [2.24, 2.45) is 0 Å². The summed E-state index contributed by atoms with van der Waals surface area (Å²) in [5.41, 5.74) is 0.374. The third-order valence-electron chi connectivity index (χ3n) is 2.35. The van der Waals surface area contributed by atoms with Gasteiger partial charge in [-0.15, -0.1) is 0 Å². The summed E-state index contributed by atoms with van der Waals surface area (Å²) in [5.74, 6) is 0.200. The van der Waals surface area contributed by atoms with Gasteiger partial charge in [-0.05, 0) is 0 Å². The Balaban J connectivity index is 2.66. The molecule has 7 nitrogen and oxygen atoms in total. The van der Waals surface area contributed by atoms with Crippen molar-refractivity contribution in [3.05, 3.63) is 18.1 Å². The van der Waals surface area contributed by atoms with Crippen LogP contribution in [-0.4, -0.2) is 46.2 Å². The average molecular weight is 233 g/mol. The van der Waals surface area contributed by atoms with E-state index < -0.39 is 5.92 Å². The fourth-order valence-electron chi connectivity index (χ4n) is 1.48. The number of fused-ring (bicyclic) bond motifs is 1. The van der Waals surface area contributed by atoms with E-state index in [1.807, 2.05) is 14.1 Å². The van der Waals surface area contributed by atoms with Gasteiger partial charge in [-0.2, -0.15) is 14.6 Å². The highest BCUT2D eigenvalue weighted by molar-refractivity contribution is 5.84. The van der Waals surface area contributed by atoms with E-state index in [4.69, 9.17) is 0 Å². The van der Waals surface area contributed by atoms with E-state index in [1.54, 1.807) is 11.0 Å². The molecule has 2 aromatic rings. The monoisotopic (exact) mass is 233 g/mol. The molecule has 0 fully saturated rings. The molecule has 0 aliphatic rings. The normalized spacial score (nSPS) is 10.8. The van der Waals surface area contributed by atoms with Gasteiger partial charge in [0.2, 0.25) is 0 Å². The van der Waals surface area contributed by atoms with Crippen molar-refractivity contribution in [3.63, 3.8) is 0 Å². The standard InChI is InChI=1S/C10H11N5O2/c1-14(2)9-3-8(7(4-16)5-17)13-10-11-6-12-15(9)10/h3-7H,1-2H3. The number of aromatic nitrogens is 4. The molecule has 0 aliphatic heterocycles. The third-order valence-corrected chi connectivity index (χ3v) is 2.35. The number of nitrogens with zero attached hydrogens (tertiary/aromatic N) is 5. The average Bonchev–Trinajstić information content (AvgIpc) is 2.77. The summed E-state index contributed by atoms with van der Waals surface area (Å²) in [6.45, 7) is 0. The quantitative estimate of drug-likeness (QED) is 0.531. The minimum atomic E-state index is -0.865. The molecule has 0 aliphatic carbocycles. The number of carbonyl (C=O) groups excluding carboxylic acids is 2. The van der Waals surface area contributed by atoms with Crippen LogP contribution in [0.4, 0.5) is 5.82 Å². The molecule has 0 N–H and O–H groups in total. The van der Waals surface area contributed by atoms with Crippen molar-refractivity contribution in [1.82, 2.24) is 19.6 Å². The Bertz CT molecular complexity index is 555. The van der Waals surface area contributed by atoms with Gasteiger partial charge in [-0.1, -0.05) is 0 Å². The molecule has 0 aromatic carbocycles. The largest absolute Gasteiger partial charge is 0.363 e. The lowest BCUT2D eigenvalue weighted by Crippen LogP contribution is -2.16. The molecular weight excluding hydrogens is 222 g/mol. The van der Waals surface area contributed by atoms with E-state index in [-0.39, 0.29) is 0 Å². The molecule has 2 aromatic heterocycles. The number of aldehydes is 2. The second-order valence-corrected chi connectivity index (χ2v) is 3.70. The molecule has 0 bridgehead atoms. The molecule has 2 rings (SSSR count). The molecule has 0 amide bonds. The minimum absolute atomic E-state index is 0.361. The van der Waals surface area contributed by atoms with Crippen LogP contribution in [0.15, 0.2) is 12.4 Å². The van der Waals surface area contributed by atoms with Gasteiger partial charge in [0.1, 0.15) is 30.6 Å². The Kier molecular flexibility index (Phi) is 2.82. The van der Waals surface area contributed by atoms with Gasteiger partial charge in [0.15, 0.2) is 0 Å². The molecule has 2 heterocycles. The summed E-state index contributed by atoms with van der Waals surface area (Å²) < 4.78 is 1.54. The third kappa shape index (κ3) is 1.86. The van der Waals surface area contributed by atoms with Gasteiger partial charge < -0.3 is 14.5 Å². The predicted octanol–water partition coefficient (Wildman–Crippen LogP) is -0.328. The van der Waals surface area contributed by atoms with Crippen LogP contribution in [0.2, 0.25) is 0 Å². The summed E-state index contributed by atoms with van der Waals surface area (Å²) in [5, 5.41) is 4.02. The molecular formula is C10H11N5O2. The number of rotatable bonds is 4. The Hall–Kier alpha value is -2.31. The van der Waals surface area contributed by atoms with E-state index in [2.05, 4.69) is 15.1 Å². The number of hydrogen-bond acceptors (Lipinski definition) is 6. The van der Waals surface area contributed by atoms with Crippen molar-refractivity contribution >= 4 is 24.2 Å². The SMILES string of the molecule is CN(C)c1cc(C(C=O)C=O)nc2ncnn12. The Morgan fingerprint density at radius 1 is 1.35 bits per heavy atom. The lowest BCUT2D eigenvalue weighted by Gasteiger charge is -2.14. The van der Waals surface area contributed by atoms with Crippen LogP contribution in [0.5, 0.6) is 0 Å². The zero-order valence-electron chi connectivity index (χ0n) is 9.44. The van der Waals surface area contributed by atoms with E-state index in [9.17, 15) is 9.59 Å². The number of hydrogen-bond donors (Lipinski definition) is 0. The molecule has 17 heavy (non-hydrogen) atoms. The zero-order valence-corrected chi connectivity index (χ0v) is 9.44. The highest BCUT2D eigenvalue weighted by Crippen LogP contribution is 2.17. The zero-order chi connectivity index (χ0) is 12.4.